The molecule has 20 heavy (non-hydrogen) atoms. The van der Waals surface area contributed by atoms with Gasteiger partial charge in [0.2, 0.25) is 5.88 Å². The van der Waals surface area contributed by atoms with Crippen LogP contribution in [0, 0.1) is 6.92 Å². The number of nitrogens with zero attached hydrogens (tertiary/aromatic N) is 3. The first-order valence-corrected chi connectivity index (χ1v) is 6.18. The van der Waals surface area contributed by atoms with Gasteiger partial charge in [0, 0.05) is 39.0 Å². The summed E-state index contributed by atoms with van der Waals surface area (Å²) in [7, 11) is 5.16. The highest BCUT2D eigenvalue weighted by molar-refractivity contribution is 5.97. The van der Waals surface area contributed by atoms with E-state index < -0.39 is 0 Å². The van der Waals surface area contributed by atoms with Gasteiger partial charge in [0.1, 0.15) is 5.75 Å². The lowest BCUT2D eigenvalue weighted by Gasteiger charge is -2.15. The summed E-state index contributed by atoms with van der Waals surface area (Å²) >= 11 is 0. The van der Waals surface area contributed by atoms with Gasteiger partial charge in [-0.15, -0.1) is 0 Å². The number of carbonyl (C=O) groups excluding carboxylic acids is 1. The fourth-order valence-corrected chi connectivity index (χ4v) is 1.84. The highest BCUT2D eigenvalue weighted by Gasteiger charge is 2.16. The zero-order valence-corrected chi connectivity index (χ0v) is 12.0. The molecule has 0 aliphatic heterocycles. The molecule has 2 aromatic rings. The molecule has 0 radical (unpaired) electrons. The number of carbonyl (C=O) groups is 1. The summed E-state index contributed by atoms with van der Waals surface area (Å²) in [6, 6.07) is 6.78. The van der Waals surface area contributed by atoms with Crippen LogP contribution in [0.5, 0.6) is 11.6 Å². The SMILES string of the molecule is Cc1cc(Oc2cc(N)ccc2C(=O)N(C)C)n(C)n1. The van der Waals surface area contributed by atoms with Crippen molar-refractivity contribution >= 4 is 11.6 Å². The van der Waals surface area contributed by atoms with Crippen LogP contribution in [-0.4, -0.2) is 34.7 Å². The van der Waals surface area contributed by atoms with Crippen LogP contribution in [0.15, 0.2) is 24.3 Å². The molecule has 1 aromatic heterocycles. The third kappa shape index (κ3) is 2.74. The van der Waals surface area contributed by atoms with Gasteiger partial charge in [0.15, 0.2) is 0 Å². The third-order valence-corrected chi connectivity index (χ3v) is 2.82. The Morgan fingerprint density at radius 1 is 1.35 bits per heavy atom. The van der Waals surface area contributed by atoms with Crippen molar-refractivity contribution in [3.8, 4) is 11.6 Å². The molecule has 0 spiro atoms. The maximum Gasteiger partial charge on any atom is 0.257 e. The summed E-state index contributed by atoms with van der Waals surface area (Å²) in [5.74, 6) is 0.839. The number of hydrogen-bond donors (Lipinski definition) is 1. The molecule has 6 nitrogen and oxygen atoms in total. The van der Waals surface area contributed by atoms with Gasteiger partial charge in [-0.1, -0.05) is 0 Å². The Labute approximate surface area is 117 Å². The van der Waals surface area contributed by atoms with Crippen LogP contribution in [-0.2, 0) is 7.05 Å². The number of ether oxygens (including phenoxy) is 1. The Morgan fingerprint density at radius 3 is 2.60 bits per heavy atom. The number of hydrogen-bond acceptors (Lipinski definition) is 4. The quantitative estimate of drug-likeness (QED) is 0.866. The monoisotopic (exact) mass is 274 g/mol. The zero-order valence-electron chi connectivity index (χ0n) is 12.0. The number of aromatic nitrogens is 2. The summed E-state index contributed by atoms with van der Waals surface area (Å²) in [5, 5.41) is 4.20. The van der Waals surface area contributed by atoms with Crippen molar-refractivity contribution < 1.29 is 9.53 Å². The first-order valence-electron chi connectivity index (χ1n) is 6.18. The number of nitrogen functional groups attached to an aromatic ring is 1. The summed E-state index contributed by atoms with van der Waals surface area (Å²) in [4.78, 5) is 13.6. The van der Waals surface area contributed by atoms with Crippen molar-refractivity contribution in [1.29, 1.82) is 0 Å². The van der Waals surface area contributed by atoms with Crippen LogP contribution in [0.1, 0.15) is 16.1 Å². The fraction of sp³-hybridized carbons (Fsp3) is 0.286. The minimum atomic E-state index is -0.140. The molecule has 0 aliphatic carbocycles. The van der Waals surface area contributed by atoms with Crippen molar-refractivity contribution in [2.45, 2.75) is 6.92 Å². The van der Waals surface area contributed by atoms with E-state index >= 15 is 0 Å². The van der Waals surface area contributed by atoms with Crippen LogP contribution in [0.3, 0.4) is 0 Å². The second kappa shape index (κ2) is 5.24. The number of aryl methyl sites for hydroxylation is 2. The first kappa shape index (κ1) is 13.9. The van der Waals surface area contributed by atoms with Crippen LogP contribution in [0.2, 0.25) is 0 Å². The Kier molecular flexibility index (Phi) is 3.65. The average Bonchev–Trinajstić information content (AvgIpc) is 2.67. The molecular formula is C14H18N4O2. The van der Waals surface area contributed by atoms with Gasteiger partial charge in [-0.05, 0) is 19.1 Å². The molecule has 0 saturated carbocycles. The van der Waals surface area contributed by atoms with Crippen molar-refractivity contribution in [2.24, 2.45) is 7.05 Å². The second-order valence-corrected chi connectivity index (χ2v) is 4.80. The highest BCUT2D eigenvalue weighted by atomic mass is 16.5. The maximum atomic E-state index is 12.1. The minimum absolute atomic E-state index is 0.140. The number of amides is 1. The number of nitrogens with two attached hydrogens (primary N) is 1. The van der Waals surface area contributed by atoms with Crippen molar-refractivity contribution in [3.05, 3.63) is 35.5 Å². The number of anilines is 1. The van der Waals surface area contributed by atoms with Crippen LogP contribution >= 0.6 is 0 Å². The zero-order chi connectivity index (χ0) is 14.9. The minimum Gasteiger partial charge on any atom is -0.438 e. The molecule has 2 N–H and O–H groups in total. The molecule has 0 atom stereocenters. The predicted octanol–water partition coefficient (Wildman–Crippen LogP) is 1.80. The van der Waals surface area contributed by atoms with Gasteiger partial charge in [-0.2, -0.15) is 5.10 Å². The molecule has 1 aromatic carbocycles. The fourth-order valence-electron chi connectivity index (χ4n) is 1.84. The summed E-state index contributed by atoms with van der Waals surface area (Å²) in [5.41, 5.74) is 7.61. The van der Waals surface area contributed by atoms with Crippen molar-refractivity contribution in [2.75, 3.05) is 19.8 Å². The van der Waals surface area contributed by atoms with E-state index in [4.69, 9.17) is 10.5 Å². The van der Waals surface area contributed by atoms with Gasteiger partial charge in [-0.25, -0.2) is 4.68 Å². The van der Waals surface area contributed by atoms with E-state index in [2.05, 4.69) is 5.10 Å². The smallest absolute Gasteiger partial charge is 0.257 e. The highest BCUT2D eigenvalue weighted by Crippen LogP contribution is 2.28. The molecule has 0 fully saturated rings. The van der Waals surface area contributed by atoms with E-state index in [-0.39, 0.29) is 5.91 Å². The average molecular weight is 274 g/mol. The van der Waals surface area contributed by atoms with Gasteiger partial charge >= 0.3 is 0 Å². The molecule has 1 amide bonds. The third-order valence-electron chi connectivity index (χ3n) is 2.82. The molecule has 0 aliphatic rings. The number of benzene rings is 1. The molecule has 0 bridgehead atoms. The normalized spacial score (nSPS) is 10.4. The van der Waals surface area contributed by atoms with Crippen LogP contribution in [0.25, 0.3) is 0 Å². The van der Waals surface area contributed by atoms with E-state index in [0.717, 1.165) is 5.69 Å². The topological polar surface area (TPSA) is 73.4 Å². The van der Waals surface area contributed by atoms with E-state index in [0.29, 0.717) is 22.9 Å². The molecule has 6 heteroatoms. The Bertz CT molecular complexity index is 647. The summed E-state index contributed by atoms with van der Waals surface area (Å²) in [6.07, 6.45) is 0. The Balaban J connectivity index is 2.42. The lowest BCUT2D eigenvalue weighted by Crippen LogP contribution is -2.22. The van der Waals surface area contributed by atoms with E-state index in [1.165, 1.54) is 4.90 Å². The van der Waals surface area contributed by atoms with Gasteiger partial charge < -0.3 is 15.4 Å². The van der Waals surface area contributed by atoms with E-state index in [1.54, 1.807) is 50.1 Å². The van der Waals surface area contributed by atoms with E-state index in [1.807, 2.05) is 6.92 Å². The first-order chi connectivity index (χ1) is 9.38. The molecular weight excluding hydrogens is 256 g/mol. The van der Waals surface area contributed by atoms with E-state index in [9.17, 15) is 4.79 Å². The molecule has 1 heterocycles. The number of rotatable bonds is 3. The largest absolute Gasteiger partial charge is 0.438 e. The standard InChI is InChI=1S/C14H18N4O2/c1-9-7-13(18(4)16-9)20-12-8-10(15)5-6-11(12)14(19)17(2)3/h5-8H,15H2,1-4H3. The Hall–Kier alpha value is -2.50. The van der Waals surface area contributed by atoms with Gasteiger partial charge in [0.25, 0.3) is 5.91 Å². The maximum absolute atomic E-state index is 12.1. The van der Waals surface area contributed by atoms with Gasteiger partial charge in [-0.3, -0.25) is 4.79 Å². The van der Waals surface area contributed by atoms with Crippen LogP contribution in [0.4, 0.5) is 5.69 Å². The van der Waals surface area contributed by atoms with Gasteiger partial charge in [0.05, 0.1) is 11.3 Å². The summed E-state index contributed by atoms with van der Waals surface area (Å²) in [6.45, 7) is 1.87. The predicted molar refractivity (Wildman–Crippen MR) is 76.9 cm³/mol. The van der Waals surface area contributed by atoms with Crippen LogP contribution < -0.4 is 10.5 Å². The van der Waals surface area contributed by atoms with Crippen molar-refractivity contribution in [3.63, 3.8) is 0 Å². The lowest BCUT2D eigenvalue weighted by atomic mass is 10.1. The molecule has 0 saturated heterocycles. The summed E-state index contributed by atoms with van der Waals surface area (Å²) < 4.78 is 7.40. The molecule has 0 unspecified atom stereocenters. The molecule has 2 rings (SSSR count). The lowest BCUT2D eigenvalue weighted by molar-refractivity contribution is 0.0825. The van der Waals surface area contributed by atoms with Crippen molar-refractivity contribution in [1.82, 2.24) is 14.7 Å². The second-order valence-electron chi connectivity index (χ2n) is 4.80. The molecule has 106 valence electrons. The Morgan fingerprint density at radius 2 is 2.05 bits per heavy atom.